The molecule has 0 bridgehead atoms. The smallest absolute Gasteiger partial charge is 0.394 e. The van der Waals surface area contributed by atoms with E-state index in [9.17, 15) is 0 Å². The van der Waals surface area contributed by atoms with Crippen LogP contribution in [0.4, 0.5) is 0 Å². The molecule has 0 aromatic rings. The number of hydrogen-bond donors (Lipinski definition) is 5. The summed E-state index contributed by atoms with van der Waals surface area (Å²) in [6.07, 6.45) is 4.78. The number of rotatable bonds is 0. The summed E-state index contributed by atoms with van der Waals surface area (Å²) in [5, 5.41) is 1.36. The van der Waals surface area contributed by atoms with Crippen molar-refractivity contribution < 1.29 is 17.5 Å². The molecule has 8 nitrogen and oxygen atoms in total. The Morgan fingerprint density at radius 2 is 1.86 bits per heavy atom. The van der Waals surface area contributed by atoms with Crippen LogP contribution < -0.4 is 17.3 Å². The maximum absolute atomic E-state index is 8.74. The second-order valence-electron chi connectivity index (χ2n) is 2.35. The zero-order valence-corrected chi connectivity index (χ0v) is 7.92. The minimum atomic E-state index is -4.67. The average Bonchev–Trinajstić information content (AvgIpc) is 1.97. The Morgan fingerprint density at radius 3 is 2.14 bits per heavy atom. The number of nitrogens with two attached hydrogens (primary N) is 3. The normalized spacial score (nSPS) is 21.0. The van der Waals surface area contributed by atoms with Crippen molar-refractivity contribution in [3.8, 4) is 0 Å². The molecule has 1 rings (SSSR count). The summed E-state index contributed by atoms with van der Waals surface area (Å²) in [5.41, 5.74) is 11.5. The highest BCUT2D eigenvalue weighted by atomic mass is 32.3. The molecule has 0 amide bonds. The van der Waals surface area contributed by atoms with Gasteiger partial charge in [-0.25, -0.2) is 5.84 Å². The van der Waals surface area contributed by atoms with Gasteiger partial charge in [0.2, 0.25) is 0 Å². The number of hydrazine groups is 1. The topological polar surface area (TPSA) is 156 Å². The monoisotopic (exact) mass is 224 g/mol. The Hall–Kier alpha value is -1.13. The zero-order chi connectivity index (χ0) is 11.4. The fraction of sp³-hybridized carbons (Fsp3) is 0.200. The lowest BCUT2D eigenvalue weighted by molar-refractivity contribution is 0.319. The van der Waals surface area contributed by atoms with Crippen LogP contribution >= 0.6 is 0 Å². The molecule has 0 aliphatic carbocycles. The van der Waals surface area contributed by atoms with Crippen molar-refractivity contribution in [2.45, 2.75) is 6.17 Å². The molecule has 0 aromatic heterocycles. The highest BCUT2D eigenvalue weighted by molar-refractivity contribution is 7.79. The van der Waals surface area contributed by atoms with E-state index in [2.05, 4.69) is 0 Å². The van der Waals surface area contributed by atoms with Crippen molar-refractivity contribution in [2.75, 3.05) is 0 Å². The zero-order valence-electron chi connectivity index (χ0n) is 7.11. The van der Waals surface area contributed by atoms with E-state index in [-0.39, 0.29) is 6.17 Å². The van der Waals surface area contributed by atoms with Crippen LogP contribution in [-0.4, -0.2) is 28.7 Å². The van der Waals surface area contributed by atoms with Gasteiger partial charge in [0, 0.05) is 11.9 Å². The number of allylic oxidation sites excluding steroid dienone is 2. The summed E-state index contributed by atoms with van der Waals surface area (Å²) in [6.45, 7) is 0. The van der Waals surface area contributed by atoms with E-state index in [1.165, 1.54) is 5.01 Å². The standard InChI is InChI=1S/C5H10N4.H2O4S/c6-4-2-1-3-9(8)5(4)7;1-5(2,3)4/h1-3,5H,6-8H2;(H2,1,2,3,4). The van der Waals surface area contributed by atoms with Gasteiger partial charge in [-0.05, 0) is 12.2 Å². The molecule has 1 atom stereocenters. The molecule has 0 saturated carbocycles. The van der Waals surface area contributed by atoms with Crippen LogP contribution in [0.5, 0.6) is 0 Å². The van der Waals surface area contributed by atoms with Gasteiger partial charge in [0.05, 0.1) is 0 Å². The molecule has 1 heterocycles. The lowest BCUT2D eigenvalue weighted by atomic mass is 10.3. The van der Waals surface area contributed by atoms with Gasteiger partial charge in [-0.3, -0.25) is 14.1 Å². The number of hydrogen-bond acceptors (Lipinski definition) is 6. The fourth-order valence-corrected chi connectivity index (χ4v) is 0.617. The van der Waals surface area contributed by atoms with Gasteiger partial charge in [-0.2, -0.15) is 8.42 Å². The summed E-state index contributed by atoms with van der Waals surface area (Å²) >= 11 is 0. The lowest BCUT2D eigenvalue weighted by Gasteiger charge is -2.24. The lowest BCUT2D eigenvalue weighted by Crippen LogP contribution is -2.47. The molecule has 1 aliphatic heterocycles. The van der Waals surface area contributed by atoms with Crippen LogP contribution in [0.3, 0.4) is 0 Å². The average molecular weight is 224 g/mol. The predicted molar refractivity (Wildman–Crippen MR) is 49.6 cm³/mol. The molecule has 9 heteroatoms. The van der Waals surface area contributed by atoms with Gasteiger partial charge in [0.1, 0.15) is 6.17 Å². The molecule has 14 heavy (non-hydrogen) atoms. The molecule has 0 aromatic carbocycles. The molecule has 82 valence electrons. The maximum atomic E-state index is 8.74. The third kappa shape index (κ3) is 6.39. The summed E-state index contributed by atoms with van der Waals surface area (Å²) in [7, 11) is -4.67. The van der Waals surface area contributed by atoms with Crippen LogP contribution in [0.15, 0.2) is 24.0 Å². The van der Waals surface area contributed by atoms with Crippen molar-refractivity contribution in [3.63, 3.8) is 0 Å². The molecule has 1 aliphatic rings. The summed E-state index contributed by atoms with van der Waals surface area (Å²) in [5.74, 6) is 5.37. The Balaban J connectivity index is 0.000000292. The summed E-state index contributed by atoms with van der Waals surface area (Å²) in [4.78, 5) is 0. The second-order valence-corrected chi connectivity index (χ2v) is 3.24. The van der Waals surface area contributed by atoms with Gasteiger partial charge < -0.3 is 11.5 Å². The number of nitrogens with zero attached hydrogens (tertiary/aromatic N) is 1. The first-order valence-corrected chi connectivity index (χ1v) is 4.74. The Labute approximate surface area is 81.2 Å². The van der Waals surface area contributed by atoms with E-state index in [0.717, 1.165) is 0 Å². The van der Waals surface area contributed by atoms with Crippen molar-refractivity contribution >= 4 is 10.4 Å². The third-order valence-electron chi connectivity index (χ3n) is 1.21. The van der Waals surface area contributed by atoms with E-state index in [1.54, 1.807) is 18.4 Å². The van der Waals surface area contributed by atoms with Gasteiger partial charge in [0.25, 0.3) is 0 Å². The van der Waals surface area contributed by atoms with E-state index in [0.29, 0.717) is 5.70 Å². The predicted octanol–water partition coefficient (Wildman–Crippen LogP) is -1.84. The van der Waals surface area contributed by atoms with E-state index in [4.69, 9.17) is 34.8 Å². The second kappa shape index (κ2) is 4.93. The highest BCUT2D eigenvalue weighted by Gasteiger charge is 2.10. The van der Waals surface area contributed by atoms with Crippen molar-refractivity contribution in [1.29, 1.82) is 0 Å². The molecular formula is C5H12N4O4S. The van der Waals surface area contributed by atoms with Crippen LogP contribution in [0.2, 0.25) is 0 Å². The van der Waals surface area contributed by atoms with Crippen LogP contribution in [0.1, 0.15) is 0 Å². The van der Waals surface area contributed by atoms with E-state index < -0.39 is 10.4 Å². The molecule has 0 radical (unpaired) electrons. The molecule has 1 unspecified atom stereocenters. The minimum absolute atomic E-state index is 0.366. The minimum Gasteiger partial charge on any atom is -0.399 e. The van der Waals surface area contributed by atoms with Crippen LogP contribution in [0.25, 0.3) is 0 Å². The van der Waals surface area contributed by atoms with E-state index >= 15 is 0 Å². The third-order valence-corrected chi connectivity index (χ3v) is 1.21. The first kappa shape index (κ1) is 12.9. The summed E-state index contributed by atoms with van der Waals surface area (Å²) in [6, 6.07) is 0. The largest absolute Gasteiger partial charge is 0.399 e. The van der Waals surface area contributed by atoms with Crippen LogP contribution in [-0.2, 0) is 10.4 Å². The van der Waals surface area contributed by atoms with Gasteiger partial charge in [0.15, 0.2) is 0 Å². The first-order valence-electron chi connectivity index (χ1n) is 3.34. The molecular weight excluding hydrogens is 212 g/mol. The highest BCUT2D eigenvalue weighted by Crippen LogP contribution is 2.01. The van der Waals surface area contributed by atoms with Crippen molar-refractivity contribution in [1.82, 2.24) is 5.01 Å². The Bertz CT molecular complexity index is 328. The molecule has 8 N–H and O–H groups in total. The van der Waals surface area contributed by atoms with Crippen molar-refractivity contribution in [3.05, 3.63) is 24.0 Å². The Kier molecular flexibility index (Phi) is 4.53. The SMILES string of the molecule is NC1=CC=CN(N)C1N.O=S(=O)(O)O. The first-order chi connectivity index (χ1) is 6.22. The molecule has 0 spiro atoms. The molecule has 0 fully saturated rings. The van der Waals surface area contributed by atoms with Gasteiger partial charge in [-0.15, -0.1) is 0 Å². The Morgan fingerprint density at radius 1 is 1.43 bits per heavy atom. The maximum Gasteiger partial charge on any atom is 0.394 e. The molecule has 0 saturated heterocycles. The van der Waals surface area contributed by atoms with Gasteiger partial charge in [-0.1, -0.05) is 0 Å². The fourth-order valence-electron chi connectivity index (χ4n) is 0.617. The van der Waals surface area contributed by atoms with Crippen LogP contribution in [0, 0.1) is 0 Å². The van der Waals surface area contributed by atoms with Gasteiger partial charge >= 0.3 is 10.4 Å². The van der Waals surface area contributed by atoms with Crippen molar-refractivity contribution in [2.24, 2.45) is 17.3 Å². The quantitative estimate of drug-likeness (QED) is 0.237. The summed E-state index contributed by atoms with van der Waals surface area (Å²) < 4.78 is 31.6. The van der Waals surface area contributed by atoms with E-state index in [1.807, 2.05) is 0 Å².